The summed E-state index contributed by atoms with van der Waals surface area (Å²) in [6.07, 6.45) is 0.148. The molecular formula is C7H10F2O. The number of rotatable bonds is 2. The third kappa shape index (κ3) is 1.75. The van der Waals surface area contributed by atoms with Crippen molar-refractivity contribution >= 4 is 5.78 Å². The monoisotopic (exact) mass is 148 g/mol. The Morgan fingerprint density at radius 3 is 2.40 bits per heavy atom. The van der Waals surface area contributed by atoms with Gasteiger partial charge in [0.1, 0.15) is 5.78 Å². The molecule has 0 radical (unpaired) electrons. The fourth-order valence-electron chi connectivity index (χ4n) is 1.34. The molecule has 1 fully saturated rings. The quantitative estimate of drug-likeness (QED) is 0.585. The highest BCUT2D eigenvalue weighted by Gasteiger charge is 2.45. The predicted octanol–water partition coefficient (Wildman–Crippen LogP) is 2.01. The molecule has 58 valence electrons. The smallest absolute Gasteiger partial charge is 0.248 e. The SMILES string of the molecule is CC(=O)CC1CC(F)(F)C1. The Balaban J connectivity index is 2.21. The van der Waals surface area contributed by atoms with E-state index in [0.717, 1.165) is 0 Å². The van der Waals surface area contributed by atoms with Crippen LogP contribution in [0.2, 0.25) is 0 Å². The Labute approximate surface area is 58.4 Å². The molecule has 10 heavy (non-hydrogen) atoms. The van der Waals surface area contributed by atoms with Gasteiger partial charge in [-0.15, -0.1) is 0 Å². The molecule has 1 rings (SSSR count). The molecule has 0 atom stereocenters. The van der Waals surface area contributed by atoms with Crippen molar-refractivity contribution < 1.29 is 13.6 Å². The van der Waals surface area contributed by atoms with E-state index in [9.17, 15) is 13.6 Å². The molecule has 0 N–H and O–H groups in total. The zero-order chi connectivity index (χ0) is 7.78. The molecule has 0 amide bonds. The first-order valence-corrected chi connectivity index (χ1v) is 3.37. The number of Topliss-reactive ketones (excluding diaryl/α,β-unsaturated/α-hetero) is 1. The second-order valence-electron chi connectivity index (χ2n) is 3.04. The van der Waals surface area contributed by atoms with Crippen LogP contribution in [0.1, 0.15) is 26.2 Å². The number of hydrogen-bond acceptors (Lipinski definition) is 1. The summed E-state index contributed by atoms with van der Waals surface area (Å²) in [5, 5.41) is 0. The molecule has 0 spiro atoms. The minimum Gasteiger partial charge on any atom is -0.300 e. The number of ketones is 1. The summed E-state index contributed by atoms with van der Waals surface area (Å²) in [6, 6.07) is 0. The summed E-state index contributed by atoms with van der Waals surface area (Å²) >= 11 is 0. The lowest BCUT2D eigenvalue weighted by Crippen LogP contribution is -2.36. The van der Waals surface area contributed by atoms with Gasteiger partial charge in [-0.3, -0.25) is 0 Å². The van der Waals surface area contributed by atoms with Crippen LogP contribution < -0.4 is 0 Å². The summed E-state index contributed by atoms with van der Waals surface area (Å²) < 4.78 is 24.3. The molecule has 0 aromatic rings. The van der Waals surface area contributed by atoms with Gasteiger partial charge in [0.15, 0.2) is 0 Å². The van der Waals surface area contributed by atoms with Crippen molar-refractivity contribution in [3.05, 3.63) is 0 Å². The zero-order valence-electron chi connectivity index (χ0n) is 5.86. The Morgan fingerprint density at radius 1 is 1.60 bits per heavy atom. The van der Waals surface area contributed by atoms with Gasteiger partial charge in [0.05, 0.1) is 0 Å². The van der Waals surface area contributed by atoms with Gasteiger partial charge in [-0.05, 0) is 12.8 Å². The van der Waals surface area contributed by atoms with Gasteiger partial charge in [-0.25, -0.2) is 8.78 Å². The van der Waals surface area contributed by atoms with Gasteiger partial charge in [-0.1, -0.05) is 0 Å². The third-order valence-corrected chi connectivity index (χ3v) is 1.75. The summed E-state index contributed by atoms with van der Waals surface area (Å²) in [7, 11) is 0. The maximum atomic E-state index is 12.1. The van der Waals surface area contributed by atoms with Crippen LogP contribution in [0, 0.1) is 5.92 Å². The molecule has 0 saturated heterocycles. The van der Waals surface area contributed by atoms with Crippen molar-refractivity contribution in [1.29, 1.82) is 0 Å². The van der Waals surface area contributed by atoms with E-state index in [1.165, 1.54) is 6.92 Å². The average Bonchev–Trinajstić information content (AvgIpc) is 1.57. The Morgan fingerprint density at radius 2 is 2.10 bits per heavy atom. The molecule has 1 saturated carbocycles. The highest BCUT2D eigenvalue weighted by atomic mass is 19.3. The highest BCUT2D eigenvalue weighted by molar-refractivity contribution is 5.75. The van der Waals surface area contributed by atoms with Gasteiger partial charge >= 0.3 is 0 Å². The minimum atomic E-state index is -2.47. The maximum Gasteiger partial charge on any atom is 0.248 e. The second-order valence-corrected chi connectivity index (χ2v) is 3.04. The number of carbonyl (C=O) groups excluding carboxylic acids is 1. The summed E-state index contributed by atoms with van der Waals surface area (Å²) in [5.74, 6) is -2.51. The first kappa shape index (κ1) is 7.63. The van der Waals surface area contributed by atoms with Crippen molar-refractivity contribution in [2.45, 2.75) is 32.1 Å². The van der Waals surface area contributed by atoms with Crippen LogP contribution in [0.25, 0.3) is 0 Å². The summed E-state index contributed by atoms with van der Waals surface area (Å²) in [5.41, 5.74) is 0. The van der Waals surface area contributed by atoms with Crippen molar-refractivity contribution in [2.75, 3.05) is 0 Å². The first-order valence-electron chi connectivity index (χ1n) is 3.37. The van der Waals surface area contributed by atoms with E-state index in [2.05, 4.69) is 0 Å². The molecule has 0 unspecified atom stereocenters. The normalized spacial score (nSPS) is 23.9. The van der Waals surface area contributed by atoms with Crippen molar-refractivity contribution in [2.24, 2.45) is 5.92 Å². The lowest BCUT2D eigenvalue weighted by Gasteiger charge is -2.34. The van der Waals surface area contributed by atoms with Gasteiger partial charge in [0, 0.05) is 19.3 Å². The molecule has 0 aromatic heterocycles. The van der Waals surface area contributed by atoms with E-state index in [1.807, 2.05) is 0 Å². The van der Waals surface area contributed by atoms with Crippen LogP contribution in [0.4, 0.5) is 8.78 Å². The molecule has 0 aromatic carbocycles. The van der Waals surface area contributed by atoms with Crippen LogP contribution in [0.5, 0.6) is 0 Å². The minimum absolute atomic E-state index is 0.0144. The number of alkyl halides is 2. The molecule has 1 nitrogen and oxygen atoms in total. The number of halogens is 2. The molecule has 1 aliphatic rings. The van der Waals surface area contributed by atoms with Crippen LogP contribution >= 0.6 is 0 Å². The van der Waals surface area contributed by atoms with Crippen molar-refractivity contribution in [3.63, 3.8) is 0 Å². The van der Waals surface area contributed by atoms with E-state index in [1.54, 1.807) is 0 Å². The highest BCUT2D eigenvalue weighted by Crippen LogP contribution is 2.43. The molecule has 0 heterocycles. The average molecular weight is 148 g/mol. The van der Waals surface area contributed by atoms with Gasteiger partial charge in [0.25, 0.3) is 0 Å². The van der Waals surface area contributed by atoms with Crippen molar-refractivity contribution in [3.8, 4) is 0 Å². The lowest BCUT2D eigenvalue weighted by molar-refractivity contribution is -0.130. The largest absolute Gasteiger partial charge is 0.300 e. The Hall–Kier alpha value is -0.470. The Bertz CT molecular complexity index is 146. The van der Waals surface area contributed by atoms with Crippen LogP contribution in [0.3, 0.4) is 0 Å². The molecule has 0 bridgehead atoms. The Kier molecular flexibility index (Phi) is 1.75. The number of hydrogen-bond donors (Lipinski definition) is 0. The van der Waals surface area contributed by atoms with Crippen LogP contribution in [0.15, 0.2) is 0 Å². The molecule has 3 heteroatoms. The number of carbonyl (C=O) groups is 1. The summed E-state index contributed by atoms with van der Waals surface area (Å²) in [4.78, 5) is 10.4. The van der Waals surface area contributed by atoms with E-state index in [0.29, 0.717) is 6.42 Å². The van der Waals surface area contributed by atoms with E-state index < -0.39 is 5.92 Å². The van der Waals surface area contributed by atoms with E-state index in [4.69, 9.17) is 0 Å². The van der Waals surface area contributed by atoms with Gasteiger partial charge in [-0.2, -0.15) is 0 Å². The molecule has 0 aliphatic heterocycles. The predicted molar refractivity (Wildman–Crippen MR) is 33.0 cm³/mol. The van der Waals surface area contributed by atoms with Crippen LogP contribution in [-0.2, 0) is 4.79 Å². The zero-order valence-corrected chi connectivity index (χ0v) is 5.86. The molecular weight excluding hydrogens is 138 g/mol. The van der Waals surface area contributed by atoms with Gasteiger partial charge in [0.2, 0.25) is 5.92 Å². The standard InChI is InChI=1S/C7H10F2O/c1-5(10)2-6-3-7(8,9)4-6/h6H,2-4H2,1H3. The van der Waals surface area contributed by atoms with Gasteiger partial charge < -0.3 is 4.79 Å². The third-order valence-electron chi connectivity index (χ3n) is 1.75. The van der Waals surface area contributed by atoms with E-state index in [-0.39, 0.29) is 24.5 Å². The van der Waals surface area contributed by atoms with Crippen molar-refractivity contribution in [1.82, 2.24) is 0 Å². The topological polar surface area (TPSA) is 17.1 Å². The first-order chi connectivity index (χ1) is 4.49. The summed E-state index contributed by atoms with van der Waals surface area (Å²) in [6.45, 7) is 1.44. The fraction of sp³-hybridized carbons (Fsp3) is 0.857. The fourth-order valence-corrected chi connectivity index (χ4v) is 1.34. The maximum absolute atomic E-state index is 12.1. The molecule has 1 aliphatic carbocycles. The lowest BCUT2D eigenvalue weighted by atomic mass is 9.78. The van der Waals surface area contributed by atoms with Crippen LogP contribution in [-0.4, -0.2) is 11.7 Å². The van der Waals surface area contributed by atoms with E-state index >= 15 is 0 Å². The second kappa shape index (κ2) is 2.29.